The first-order chi connectivity index (χ1) is 67.6. The number of benzene rings is 3. The number of anilines is 1. The van der Waals surface area contributed by atoms with E-state index in [1.165, 1.54) is 25.8 Å². The minimum atomic E-state index is -2.40. The highest BCUT2D eigenvalue weighted by Crippen LogP contribution is 2.41. The van der Waals surface area contributed by atoms with E-state index in [-0.39, 0.29) is 89.2 Å². The zero-order chi connectivity index (χ0) is 109. The van der Waals surface area contributed by atoms with Gasteiger partial charge < -0.3 is 70.8 Å². The standard InChI is InChI=1S/C26H34N4O3S2.C17H22N2O2S.C12H15N3OS.C12H20N2OS2.C11H15NO3.C11H15NO2.C10H14N2OS.C9H14N2O.CH4/c1-26(2,3)35-18-9-8-16-12-17-14-29(11-10-20(17)30(33)21(16)13-18)23(31)7-5-4-6-22-24-19(15-34-22)27-25(32)28-24;1-17(2,3)22-12-4-5-13-14(19-7-6-11(18)10-19)9-16(20)21-15(13)8-12;1-12(2,3)17-8-5-9-10(13-6-8)15(4)7-14-11(9)16;1-12(2,3)16-10-7-11(9-13-8-10)17(6,15)14(4)5;1-11(2,3)15-9-5-8(6-12-7-9)10(13)14-4;1-11(2,3)14-9-6-4-5-8(7-9)10(12)13;1-10(2,3)14-8-4-7(9(11)13)5-12-6-8;1-7-10-5-8(6-11-7)12-9(2,3)4;/h8-9,12-13,19,22,24H,4-7,10-11,14-15H2,1-3H3,(H2,27,28,32);4-5,8-9,11H,6-7,10,18H2,1-3H3;5-7H,1-4H3;7-9H,6H2,1-5H3;5-7H,1-4H3;4-7H,1-3H3,(H2,12,13);4-6H,1-3H3,(H2,11,13);5-6H,1-4H3;1H4/t19-,22-,24-;11-;;;;;;;/m01......./s1. The van der Waals surface area contributed by atoms with Gasteiger partial charge in [0, 0.05) is 170 Å². The van der Waals surface area contributed by atoms with Crippen molar-refractivity contribution in [3.05, 3.63) is 219 Å². The Balaban J connectivity index is 0.000000234. The fraction of sp³-hybridized carbons (Fsp3) is 0.486. The Hall–Kier alpha value is -10.7. The third kappa shape index (κ3) is 42.0. The maximum atomic E-state index is 13.2. The van der Waals surface area contributed by atoms with E-state index in [1.54, 1.807) is 168 Å². The van der Waals surface area contributed by atoms with E-state index in [1.807, 2.05) is 129 Å². The van der Waals surface area contributed by atoms with Gasteiger partial charge in [-0.1, -0.05) is 124 Å². The Morgan fingerprint density at radius 2 is 1.14 bits per heavy atom. The second-order valence-electron chi connectivity index (χ2n) is 43.4. The van der Waals surface area contributed by atoms with Gasteiger partial charge >= 0.3 is 17.6 Å². The number of amides is 5. The molecule has 15 rings (SSSR count). The van der Waals surface area contributed by atoms with Gasteiger partial charge in [0.05, 0.1) is 87.6 Å². The molecular formula is C109H153N17O14S7. The van der Waals surface area contributed by atoms with Gasteiger partial charge in [-0.15, -0.1) is 58.8 Å². The van der Waals surface area contributed by atoms with E-state index in [2.05, 4.69) is 183 Å². The normalized spacial score (nSPS) is 15.9. The minimum Gasteiger partial charge on any atom is -0.618 e. The summed E-state index contributed by atoms with van der Waals surface area (Å²) in [6.45, 7) is 54.3. The Bertz CT molecular complexity index is 6490. The molecule has 800 valence electrons. The molecule has 4 aliphatic heterocycles. The van der Waals surface area contributed by atoms with Crippen LogP contribution in [0.2, 0.25) is 0 Å². The summed E-state index contributed by atoms with van der Waals surface area (Å²) in [5, 5.41) is 22.1. The number of aromatic nitrogens is 9. The Labute approximate surface area is 894 Å². The van der Waals surface area contributed by atoms with Gasteiger partial charge in [-0.25, -0.2) is 37.8 Å². The molecule has 0 spiro atoms. The summed E-state index contributed by atoms with van der Waals surface area (Å²) in [7, 11) is 4.29. The van der Waals surface area contributed by atoms with Crippen molar-refractivity contribution >= 4 is 154 Å². The summed E-state index contributed by atoms with van der Waals surface area (Å²) in [6.07, 6.45) is 21.3. The number of urea groups is 1. The number of ether oxygens (including phenoxy) is 4. The molecule has 31 nitrogen and oxygen atoms in total. The predicted octanol–water partition coefficient (Wildman–Crippen LogP) is 20.6. The number of carbonyl (C=O) groups excluding carboxylic acids is 5. The number of aryl methyl sites for hydroxylation is 2. The molecule has 3 saturated heterocycles. The summed E-state index contributed by atoms with van der Waals surface area (Å²) in [5.41, 5.74) is 21.0. The number of nitrogens with zero attached hydrogens (tertiary/aromatic N) is 12. The number of pyridine rings is 5. The number of fused-ring (bicyclic) bond motifs is 5. The van der Waals surface area contributed by atoms with Crippen LogP contribution in [0.1, 0.15) is 254 Å². The highest BCUT2D eigenvalue weighted by atomic mass is 32.2. The number of hydrogen-bond acceptors (Lipinski definition) is 29. The number of nitrogens with two attached hydrogens (primary N) is 3. The lowest BCUT2D eigenvalue weighted by Gasteiger charge is -2.28. The first-order valence-corrected chi connectivity index (χ1v) is 55.0. The van der Waals surface area contributed by atoms with Crippen LogP contribution in [0.25, 0.3) is 32.9 Å². The SMILES string of the molecule is C.C=S(=O)(c1cncc(SC(C)(C)C)c1)N(C)C.CC(C)(C)Oc1cccc(C(N)=O)c1.CC(C)(C)Sc1ccc2c(N3CC[C@@H](N)C3)cc(=O)oc2c1.CC(C)(C)Sc1ccc2cc3c([n+]([O-])c2c1)CCN(C(=O)CCCC[C@@H]1SC[C@@H]2NC(=O)N[C@@H]21)C3.CC(C)(C)Sc1cncc(C(N)=O)c1.COC(=O)c1cncc(OC(C)(C)C)c1.Cc1ncc(OC(C)(C)C)cn1.Cn1cnc(=O)c2cc(SC(C)(C)C)cnc21. The van der Waals surface area contributed by atoms with Crippen LogP contribution in [-0.2, 0) is 39.3 Å². The van der Waals surface area contributed by atoms with E-state index in [9.17, 15) is 43.0 Å². The highest BCUT2D eigenvalue weighted by Gasteiger charge is 2.43. The smallest absolute Gasteiger partial charge is 0.339 e. The number of esters is 1. The average molecular weight is 2150 g/mol. The van der Waals surface area contributed by atoms with Crippen LogP contribution < -0.4 is 62.9 Å². The van der Waals surface area contributed by atoms with Crippen molar-refractivity contribution in [1.82, 2.24) is 59.3 Å². The average Bonchev–Trinajstić information content (AvgIpc) is 1.76. The minimum absolute atomic E-state index is 0. The second kappa shape index (κ2) is 53.1. The molecule has 8 N–H and O–H groups in total. The van der Waals surface area contributed by atoms with Gasteiger partial charge in [-0.2, -0.15) is 21.5 Å². The first-order valence-electron chi connectivity index (χ1n) is 48.2. The van der Waals surface area contributed by atoms with Gasteiger partial charge in [0.25, 0.3) is 5.56 Å². The van der Waals surface area contributed by atoms with E-state index >= 15 is 0 Å². The lowest BCUT2D eigenvalue weighted by molar-refractivity contribution is -0.587. The molecule has 3 fully saturated rings. The molecule has 12 heterocycles. The third-order valence-electron chi connectivity index (χ3n) is 20.6. The fourth-order valence-corrected chi connectivity index (χ4v) is 22.4. The molecule has 4 aliphatic rings. The zero-order valence-corrected chi connectivity index (χ0v) is 95.7. The van der Waals surface area contributed by atoms with E-state index < -0.39 is 27.5 Å². The van der Waals surface area contributed by atoms with E-state index in [0.29, 0.717) is 92.1 Å². The topological polar surface area (TPSA) is 421 Å². The second-order valence-corrected chi connectivity index (χ2v) is 56.7. The van der Waals surface area contributed by atoms with Crippen molar-refractivity contribution in [2.24, 2.45) is 24.2 Å². The van der Waals surface area contributed by atoms with Crippen LogP contribution in [-0.4, -0.2) is 199 Å². The Morgan fingerprint density at radius 1 is 0.599 bits per heavy atom. The number of nitrogens with one attached hydrogen (secondary N) is 2. The van der Waals surface area contributed by atoms with Gasteiger partial charge in [-0.3, -0.25) is 34.1 Å². The highest BCUT2D eigenvalue weighted by molar-refractivity contribution is 8.02. The molecule has 0 radical (unpaired) electrons. The fourth-order valence-electron chi connectivity index (χ4n) is 14.8. The monoisotopic (exact) mass is 2150 g/mol. The Kier molecular flexibility index (Phi) is 44.5. The molecule has 3 aromatic carbocycles. The molecule has 1 unspecified atom stereocenters. The maximum absolute atomic E-state index is 13.2. The molecule has 11 aromatic rings. The molecule has 0 aliphatic carbocycles. The van der Waals surface area contributed by atoms with E-state index in [4.69, 9.17) is 35.8 Å². The van der Waals surface area contributed by atoms with Crippen molar-refractivity contribution in [1.29, 1.82) is 0 Å². The lowest BCUT2D eigenvalue weighted by atomic mass is 10.0. The first kappa shape index (κ1) is 123. The number of methoxy groups -OCH3 is 1. The van der Waals surface area contributed by atoms with Crippen molar-refractivity contribution < 1.29 is 56.3 Å². The molecule has 0 saturated carbocycles. The van der Waals surface area contributed by atoms with Gasteiger partial charge in [0.1, 0.15) is 51.7 Å². The maximum Gasteiger partial charge on any atom is 0.339 e. The number of thioether (sulfide) groups is 6. The molecular weight excluding hydrogens is 2000 g/mol. The lowest BCUT2D eigenvalue weighted by Crippen LogP contribution is -2.43. The number of hydrogen-bond donors (Lipinski definition) is 5. The molecule has 5 amide bonds. The summed E-state index contributed by atoms with van der Waals surface area (Å²) in [4.78, 5) is 119. The number of unbranched alkanes of at least 4 members (excludes halogenated alkanes) is 1. The van der Waals surface area contributed by atoms with Crippen LogP contribution >= 0.6 is 70.6 Å². The molecule has 0 bridgehead atoms. The summed E-state index contributed by atoms with van der Waals surface area (Å²) in [6, 6.07) is 30.5. The van der Waals surface area contributed by atoms with Gasteiger partial charge in [0.2, 0.25) is 23.2 Å². The molecule has 8 aromatic heterocycles. The van der Waals surface area contributed by atoms with Crippen LogP contribution in [0.15, 0.2) is 203 Å². The summed E-state index contributed by atoms with van der Waals surface area (Å²) < 4.78 is 44.1. The number of carbonyl (C=O) groups is 5. The van der Waals surface area contributed by atoms with Crippen LogP contribution in [0.3, 0.4) is 0 Å². The molecule has 147 heavy (non-hydrogen) atoms. The third-order valence-corrected chi connectivity index (χ3v) is 29.7. The van der Waals surface area contributed by atoms with Crippen LogP contribution in [0.5, 0.6) is 17.2 Å². The largest absolute Gasteiger partial charge is 0.618 e. The molecule has 5 atom stereocenters. The zero-order valence-electron chi connectivity index (χ0n) is 90.0. The number of primary amides is 2. The summed E-state index contributed by atoms with van der Waals surface area (Å²) in [5.74, 6) is 6.32. The van der Waals surface area contributed by atoms with Crippen molar-refractivity contribution in [3.63, 3.8) is 0 Å². The van der Waals surface area contributed by atoms with Crippen molar-refractivity contribution in [2.75, 3.05) is 51.5 Å². The summed E-state index contributed by atoms with van der Waals surface area (Å²) >= 11 is 10.5. The van der Waals surface area contributed by atoms with Gasteiger partial charge in [0.15, 0.2) is 11.4 Å². The van der Waals surface area contributed by atoms with Gasteiger partial charge in [-0.05, 0) is 187 Å². The Morgan fingerprint density at radius 3 is 1.71 bits per heavy atom. The van der Waals surface area contributed by atoms with Crippen molar-refractivity contribution in [2.45, 2.75) is 319 Å². The molecule has 38 heteroatoms. The number of rotatable bonds is 19. The van der Waals surface area contributed by atoms with Crippen molar-refractivity contribution in [3.8, 4) is 17.2 Å². The van der Waals surface area contributed by atoms with Crippen LogP contribution in [0, 0.1) is 12.1 Å². The predicted molar refractivity (Wildman–Crippen MR) is 605 cm³/mol. The quantitative estimate of drug-likeness (QED) is 0.00733. The van der Waals surface area contributed by atoms with Crippen LogP contribution in [0.4, 0.5) is 10.5 Å². The van der Waals surface area contributed by atoms with E-state index in [0.717, 1.165) is 107 Å².